The fourth-order valence-electron chi connectivity index (χ4n) is 2.52. The Labute approximate surface area is 118 Å². The molecule has 3 rings (SSSR count). The van der Waals surface area contributed by atoms with Crippen molar-refractivity contribution in [2.45, 2.75) is 25.3 Å². The standard InChI is InChI=1S/C14H20N4O2/c1-20-14(19)12-7-17-13(8-16-12)18-5-4-10(9-18)6-15-11-2-3-11/h7-8,10-11,15H,2-6,9H2,1H3/t10-/m1/s1. The Kier molecular flexibility index (Phi) is 3.82. The van der Waals surface area contributed by atoms with Crippen molar-refractivity contribution < 1.29 is 9.53 Å². The number of nitrogens with one attached hydrogen (secondary N) is 1. The smallest absolute Gasteiger partial charge is 0.358 e. The maximum Gasteiger partial charge on any atom is 0.358 e. The molecule has 6 heteroatoms. The van der Waals surface area contributed by atoms with Crippen molar-refractivity contribution in [3.8, 4) is 0 Å². The molecule has 1 saturated heterocycles. The Morgan fingerprint density at radius 3 is 2.90 bits per heavy atom. The minimum atomic E-state index is -0.447. The van der Waals surface area contributed by atoms with Crippen LogP contribution in [0.3, 0.4) is 0 Å². The molecule has 1 aliphatic heterocycles. The molecule has 2 heterocycles. The third kappa shape index (κ3) is 3.07. The molecule has 1 aliphatic carbocycles. The van der Waals surface area contributed by atoms with E-state index < -0.39 is 5.97 Å². The lowest BCUT2D eigenvalue weighted by Crippen LogP contribution is -2.28. The van der Waals surface area contributed by atoms with Gasteiger partial charge in [-0.15, -0.1) is 0 Å². The number of ether oxygens (including phenoxy) is 1. The lowest BCUT2D eigenvalue weighted by Gasteiger charge is -2.17. The predicted octanol–water partition coefficient (Wildman–Crippen LogP) is 0.841. The topological polar surface area (TPSA) is 67.3 Å². The molecule has 1 atom stereocenters. The normalized spacial score (nSPS) is 22.1. The van der Waals surface area contributed by atoms with E-state index in [1.165, 1.54) is 32.6 Å². The summed E-state index contributed by atoms with van der Waals surface area (Å²) in [4.78, 5) is 22.0. The van der Waals surface area contributed by atoms with Crippen molar-refractivity contribution in [2.24, 2.45) is 5.92 Å². The SMILES string of the molecule is COC(=O)c1cnc(N2CC[C@H](CNC3CC3)C2)cn1. The highest BCUT2D eigenvalue weighted by molar-refractivity contribution is 5.86. The predicted molar refractivity (Wildman–Crippen MR) is 74.7 cm³/mol. The van der Waals surface area contributed by atoms with Gasteiger partial charge in [0.05, 0.1) is 19.5 Å². The molecule has 20 heavy (non-hydrogen) atoms. The van der Waals surface area contributed by atoms with Gasteiger partial charge in [-0.05, 0) is 31.7 Å². The van der Waals surface area contributed by atoms with Crippen molar-refractivity contribution in [2.75, 3.05) is 31.6 Å². The number of rotatable bonds is 5. The molecule has 2 aliphatic rings. The van der Waals surface area contributed by atoms with Gasteiger partial charge >= 0.3 is 5.97 Å². The minimum Gasteiger partial charge on any atom is -0.464 e. The largest absolute Gasteiger partial charge is 0.464 e. The first-order valence-corrected chi connectivity index (χ1v) is 7.15. The highest BCUT2D eigenvalue weighted by atomic mass is 16.5. The third-order valence-electron chi connectivity index (χ3n) is 3.92. The molecule has 0 aromatic carbocycles. The van der Waals surface area contributed by atoms with Crippen molar-refractivity contribution >= 4 is 11.8 Å². The van der Waals surface area contributed by atoms with Gasteiger partial charge in [-0.2, -0.15) is 0 Å². The van der Waals surface area contributed by atoms with Gasteiger partial charge < -0.3 is 15.0 Å². The summed E-state index contributed by atoms with van der Waals surface area (Å²) < 4.78 is 4.62. The lowest BCUT2D eigenvalue weighted by molar-refractivity contribution is 0.0593. The van der Waals surface area contributed by atoms with Gasteiger partial charge in [0, 0.05) is 19.1 Å². The molecule has 0 amide bonds. The quantitative estimate of drug-likeness (QED) is 0.804. The highest BCUT2D eigenvalue weighted by Gasteiger charge is 2.27. The summed E-state index contributed by atoms with van der Waals surface area (Å²) in [6.07, 6.45) is 6.98. The monoisotopic (exact) mass is 276 g/mol. The van der Waals surface area contributed by atoms with E-state index in [2.05, 4.69) is 24.9 Å². The van der Waals surface area contributed by atoms with Gasteiger partial charge in [0.15, 0.2) is 5.69 Å². The zero-order valence-electron chi connectivity index (χ0n) is 11.7. The molecule has 1 aromatic heterocycles. The first-order valence-electron chi connectivity index (χ1n) is 7.15. The average molecular weight is 276 g/mol. The Morgan fingerprint density at radius 1 is 1.40 bits per heavy atom. The van der Waals surface area contributed by atoms with E-state index in [1.807, 2.05) is 0 Å². The number of carbonyl (C=O) groups is 1. The second kappa shape index (κ2) is 5.75. The number of nitrogens with zero attached hydrogens (tertiary/aromatic N) is 3. The Morgan fingerprint density at radius 2 is 2.25 bits per heavy atom. The van der Waals surface area contributed by atoms with Crippen molar-refractivity contribution in [1.82, 2.24) is 15.3 Å². The van der Waals surface area contributed by atoms with Crippen molar-refractivity contribution in [3.05, 3.63) is 18.1 Å². The number of anilines is 1. The van der Waals surface area contributed by atoms with E-state index in [4.69, 9.17) is 0 Å². The van der Waals surface area contributed by atoms with Gasteiger partial charge in [-0.1, -0.05) is 0 Å². The fourth-order valence-corrected chi connectivity index (χ4v) is 2.52. The van der Waals surface area contributed by atoms with Gasteiger partial charge in [0.1, 0.15) is 5.82 Å². The van der Waals surface area contributed by atoms with E-state index in [0.717, 1.165) is 31.5 Å². The van der Waals surface area contributed by atoms with Crippen molar-refractivity contribution in [3.63, 3.8) is 0 Å². The summed E-state index contributed by atoms with van der Waals surface area (Å²) in [5.74, 6) is 1.07. The zero-order valence-corrected chi connectivity index (χ0v) is 11.7. The van der Waals surface area contributed by atoms with E-state index in [9.17, 15) is 4.79 Å². The van der Waals surface area contributed by atoms with E-state index in [-0.39, 0.29) is 5.69 Å². The fraction of sp³-hybridized carbons (Fsp3) is 0.643. The first-order chi connectivity index (χ1) is 9.76. The molecule has 108 valence electrons. The molecule has 1 saturated carbocycles. The summed E-state index contributed by atoms with van der Waals surface area (Å²) >= 11 is 0. The molecule has 0 bridgehead atoms. The number of esters is 1. The molecule has 6 nitrogen and oxygen atoms in total. The third-order valence-corrected chi connectivity index (χ3v) is 3.92. The summed E-state index contributed by atoms with van der Waals surface area (Å²) in [7, 11) is 1.34. The molecule has 2 fully saturated rings. The molecule has 1 aromatic rings. The number of methoxy groups -OCH3 is 1. The summed E-state index contributed by atoms with van der Waals surface area (Å²) in [5.41, 5.74) is 0.252. The molecule has 1 N–H and O–H groups in total. The summed E-state index contributed by atoms with van der Waals surface area (Å²) in [5, 5.41) is 3.58. The number of hydrogen-bond donors (Lipinski definition) is 1. The average Bonchev–Trinajstić information content (AvgIpc) is 3.21. The Balaban J connectivity index is 1.55. The van der Waals surface area contributed by atoms with Crippen LogP contribution in [0.25, 0.3) is 0 Å². The lowest BCUT2D eigenvalue weighted by atomic mass is 10.1. The van der Waals surface area contributed by atoms with Gasteiger partial charge in [-0.3, -0.25) is 0 Å². The second-order valence-corrected chi connectivity index (χ2v) is 5.53. The number of hydrogen-bond acceptors (Lipinski definition) is 6. The highest BCUT2D eigenvalue weighted by Crippen LogP contribution is 2.23. The first kappa shape index (κ1) is 13.3. The van der Waals surface area contributed by atoms with E-state index in [1.54, 1.807) is 6.20 Å². The Hall–Kier alpha value is -1.69. The van der Waals surface area contributed by atoms with Crippen LogP contribution >= 0.6 is 0 Å². The van der Waals surface area contributed by atoms with E-state index >= 15 is 0 Å². The van der Waals surface area contributed by atoms with Crippen LogP contribution in [0.1, 0.15) is 29.8 Å². The van der Waals surface area contributed by atoms with Gasteiger partial charge in [0.2, 0.25) is 0 Å². The van der Waals surface area contributed by atoms with Crippen LogP contribution in [0.5, 0.6) is 0 Å². The molecular weight excluding hydrogens is 256 g/mol. The minimum absolute atomic E-state index is 0.252. The van der Waals surface area contributed by atoms with E-state index in [0.29, 0.717) is 5.92 Å². The molecule has 0 radical (unpaired) electrons. The van der Waals surface area contributed by atoms with Crippen LogP contribution < -0.4 is 10.2 Å². The van der Waals surface area contributed by atoms with Gasteiger partial charge in [-0.25, -0.2) is 14.8 Å². The van der Waals surface area contributed by atoms with Crippen LogP contribution in [0, 0.1) is 5.92 Å². The summed E-state index contributed by atoms with van der Waals surface area (Å²) in [6.45, 7) is 3.10. The van der Waals surface area contributed by atoms with Gasteiger partial charge in [0.25, 0.3) is 0 Å². The maximum absolute atomic E-state index is 11.3. The zero-order chi connectivity index (χ0) is 13.9. The van der Waals surface area contributed by atoms with Crippen LogP contribution in [-0.4, -0.2) is 48.7 Å². The van der Waals surface area contributed by atoms with Crippen LogP contribution in [0.2, 0.25) is 0 Å². The molecule has 0 spiro atoms. The van der Waals surface area contributed by atoms with Crippen LogP contribution in [-0.2, 0) is 4.74 Å². The summed E-state index contributed by atoms with van der Waals surface area (Å²) in [6, 6.07) is 0.767. The van der Waals surface area contributed by atoms with Crippen molar-refractivity contribution in [1.29, 1.82) is 0 Å². The number of aromatic nitrogens is 2. The Bertz CT molecular complexity index is 473. The number of carbonyl (C=O) groups excluding carboxylic acids is 1. The second-order valence-electron chi connectivity index (χ2n) is 5.53. The molecular formula is C14H20N4O2. The van der Waals surface area contributed by atoms with Crippen LogP contribution in [0.4, 0.5) is 5.82 Å². The maximum atomic E-state index is 11.3. The van der Waals surface area contributed by atoms with Crippen LogP contribution in [0.15, 0.2) is 12.4 Å². The molecule has 0 unspecified atom stereocenters.